The van der Waals surface area contributed by atoms with Gasteiger partial charge in [-0.05, 0) is 74.2 Å². The Morgan fingerprint density at radius 2 is 1.70 bits per heavy atom. The Balaban J connectivity index is 1.31. The molecule has 142 valence electrons. The van der Waals surface area contributed by atoms with E-state index in [0.717, 1.165) is 25.7 Å². The van der Waals surface area contributed by atoms with Crippen molar-refractivity contribution in [3.63, 3.8) is 0 Å². The van der Waals surface area contributed by atoms with Gasteiger partial charge in [-0.2, -0.15) is 0 Å². The topological polar surface area (TPSA) is 67.4 Å². The first kappa shape index (κ1) is 18.9. The highest BCUT2D eigenvalue weighted by atomic mass is 19.1. The highest BCUT2D eigenvalue weighted by Crippen LogP contribution is 2.30. The quantitative estimate of drug-likeness (QED) is 0.661. The first-order chi connectivity index (χ1) is 13.1. The molecule has 0 aliphatic heterocycles. The molecule has 0 radical (unpaired) electrons. The highest BCUT2D eigenvalue weighted by Gasteiger charge is 2.29. The number of anilines is 1. The Bertz CT molecular complexity index is 771. The summed E-state index contributed by atoms with van der Waals surface area (Å²) in [4.78, 5) is 23.8. The number of ether oxygens (including phenoxy) is 1. The molecule has 0 spiro atoms. The molecular weight excluding hydrogens is 347 g/mol. The van der Waals surface area contributed by atoms with E-state index in [0.29, 0.717) is 30.2 Å². The molecule has 0 saturated heterocycles. The summed E-state index contributed by atoms with van der Waals surface area (Å²) in [7, 11) is 0. The molecule has 0 heterocycles. The molecule has 2 aromatic rings. The Morgan fingerprint density at radius 3 is 2.37 bits per heavy atom. The normalized spacial score (nSPS) is 13.1. The van der Waals surface area contributed by atoms with Crippen LogP contribution < -0.4 is 15.4 Å². The number of nitrogens with one attached hydrogen (secondary N) is 2. The largest absolute Gasteiger partial charge is 0.494 e. The molecule has 1 saturated carbocycles. The van der Waals surface area contributed by atoms with Crippen molar-refractivity contribution in [3.8, 4) is 5.75 Å². The van der Waals surface area contributed by atoms with Crippen molar-refractivity contribution in [1.82, 2.24) is 5.32 Å². The summed E-state index contributed by atoms with van der Waals surface area (Å²) in [5.41, 5.74) is 1.27. The monoisotopic (exact) mass is 370 g/mol. The smallest absolute Gasteiger partial charge is 0.251 e. The van der Waals surface area contributed by atoms with Crippen LogP contribution in [0, 0.1) is 11.7 Å². The molecule has 5 nitrogen and oxygen atoms in total. The maximum Gasteiger partial charge on any atom is 0.251 e. The number of unbranched alkanes of at least 4 members (excludes halogenated alkanes) is 1. The Morgan fingerprint density at radius 1 is 1.00 bits per heavy atom. The summed E-state index contributed by atoms with van der Waals surface area (Å²) >= 11 is 0. The lowest BCUT2D eigenvalue weighted by Gasteiger charge is -2.08. The summed E-state index contributed by atoms with van der Waals surface area (Å²) in [6.45, 7) is 1.06. The van der Waals surface area contributed by atoms with Crippen LogP contribution in [0.2, 0.25) is 0 Å². The van der Waals surface area contributed by atoms with E-state index in [1.54, 1.807) is 36.4 Å². The second-order valence-electron chi connectivity index (χ2n) is 6.61. The van der Waals surface area contributed by atoms with Crippen molar-refractivity contribution in [3.05, 3.63) is 59.9 Å². The van der Waals surface area contributed by atoms with Crippen LogP contribution in [0.25, 0.3) is 0 Å². The Hall–Kier alpha value is -2.89. The second kappa shape index (κ2) is 9.16. The fraction of sp³-hybridized carbons (Fsp3) is 0.333. The van der Waals surface area contributed by atoms with E-state index in [-0.39, 0.29) is 23.5 Å². The molecule has 0 unspecified atom stereocenters. The summed E-state index contributed by atoms with van der Waals surface area (Å²) < 4.78 is 18.3. The summed E-state index contributed by atoms with van der Waals surface area (Å²) in [6.07, 6.45) is 3.48. The van der Waals surface area contributed by atoms with Crippen molar-refractivity contribution in [2.24, 2.45) is 5.92 Å². The molecule has 0 aromatic heterocycles. The lowest BCUT2D eigenvalue weighted by atomic mass is 10.2. The van der Waals surface area contributed by atoms with Gasteiger partial charge in [-0.1, -0.05) is 0 Å². The van der Waals surface area contributed by atoms with Crippen LogP contribution in [0.4, 0.5) is 10.1 Å². The van der Waals surface area contributed by atoms with Gasteiger partial charge in [0.1, 0.15) is 11.6 Å². The molecule has 1 aliphatic carbocycles. The van der Waals surface area contributed by atoms with Gasteiger partial charge in [0.15, 0.2) is 0 Å². The van der Waals surface area contributed by atoms with Crippen molar-refractivity contribution < 1.29 is 18.7 Å². The SMILES string of the molecule is O=C(NCCCCOc1ccc(F)cc1)c1ccc(NC(=O)C2CC2)cc1. The number of amides is 2. The fourth-order valence-corrected chi connectivity index (χ4v) is 2.55. The van der Waals surface area contributed by atoms with Crippen LogP contribution in [0.1, 0.15) is 36.0 Å². The van der Waals surface area contributed by atoms with Gasteiger partial charge in [-0.15, -0.1) is 0 Å². The Kier molecular flexibility index (Phi) is 6.41. The van der Waals surface area contributed by atoms with E-state index in [4.69, 9.17) is 4.74 Å². The minimum absolute atomic E-state index is 0.0510. The van der Waals surface area contributed by atoms with Crippen molar-refractivity contribution >= 4 is 17.5 Å². The van der Waals surface area contributed by atoms with Gasteiger partial charge in [0.25, 0.3) is 5.91 Å². The minimum atomic E-state index is -0.289. The van der Waals surface area contributed by atoms with E-state index < -0.39 is 0 Å². The molecule has 1 aliphatic rings. The molecule has 6 heteroatoms. The molecule has 27 heavy (non-hydrogen) atoms. The zero-order valence-corrected chi connectivity index (χ0v) is 15.0. The van der Waals surface area contributed by atoms with E-state index in [1.165, 1.54) is 12.1 Å². The van der Waals surface area contributed by atoms with Gasteiger partial charge in [0, 0.05) is 23.7 Å². The van der Waals surface area contributed by atoms with Crippen LogP contribution in [0.3, 0.4) is 0 Å². The highest BCUT2D eigenvalue weighted by molar-refractivity contribution is 5.96. The van der Waals surface area contributed by atoms with Crippen LogP contribution >= 0.6 is 0 Å². The predicted molar refractivity (Wildman–Crippen MR) is 101 cm³/mol. The van der Waals surface area contributed by atoms with Gasteiger partial charge in [-0.3, -0.25) is 9.59 Å². The third-order valence-corrected chi connectivity index (χ3v) is 4.30. The maximum absolute atomic E-state index is 12.8. The minimum Gasteiger partial charge on any atom is -0.494 e. The van der Waals surface area contributed by atoms with E-state index in [1.807, 2.05) is 0 Å². The molecule has 2 aromatic carbocycles. The van der Waals surface area contributed by atoms with Crippen LogP contribution in [-0.4, -0.2) is 25.0 Å². The molecule has 0 bridgehead atoms. The molecule has 3 rings (SSSR count). The molecule has 1 fully saturated rings. The fourth-order valence-electron chi connectivity index (χ4n) is 2.55. The number of carbonyl (C=O) groups is 2. The van der Waals surface area contributed by atoms with E-state index in [2.05, 4.69) is 10.6 Å². The van der Waals surface area contributed by atoms with Crippen molar-refractivity contribution in [2.45, 2.75) is 25.7 Å². The summed E-state index contributed by atoms with van der Waals surface area (Å²) in [5, 5.41) is 5.71. The second-order valence-corrected chi connectivity index (χ2v) is 6.61. The van der Waals surface area contributed by atoms with Crippen molar-refractivity contribution in [2.75, 3.05) is 18.5 Å². The summed E-state index contributed by atoms with van der Waals surface area (Å²) in [6, 6.07) is 12.8. The number of benzene rings is 2. The average molecular weight is 370 g/mol. The van der Waals surface area contributed by atoms with Crippen LogP contribution in [0.15, 0.2) is 48.5 Å². The average Bonchev–Trinajstić information content (AvgIpc) is 3.52. The van der Waals surface area contributed by atoms with Gasteiger partial charge in [0.05, 0.1) is 6.61 Å². The summed E-state index contributed by atoms with van der Waals surface area (Å²) in [5.74, 6) is 0.405. The maximum atomic E-state index is 12.8. The number of rotatable bonds is 9. The number of halogens is 1. The van der Waals surface area contributed by atoms with Gasteiger partial charge in [-0.25, -0.2) is 4.39 Å². The van der Waals surface area contributed by atoms with Crippen LogP contribution in [0.5, 0.6) is 5.75 Å². The third-order valence-electron chi connectivity index (χ3n) is 4.30. The first-order valence-corrected chi connectivity index (χ1v) is 9.19. The number of carbonyl (C=O) groups excluding carboxylic acids is 2. The molecular formula is C21H23FN2O3. The van der Waals surface area contributed by atoms with Gasteiger partial charge in [0.2, 0.25) is 5.91 Å². The first-order valence-electron chi connectivity index (χ1n) is 9.19. The van der Waals surface area contributed by atoms with Gasteiger partial charge >= 0.3 is 0 Å². The number of hydrogen-bond acceptors (Lipinski definition) is 3. The van der Waals surface area contributed by atoms with E-state index >= 15 is 0 Å². The van der Waals surface area contributed by atoms with E-state index in [9.17, 15) is 14.0 Å². The molecule has 2 N–H and O–H groups in total. The van der Waals surface area contributed by atoms with Gasteiger partial charge < -0.3 is 15.4 Å². The lowest BCUT2D eigenvalue weighted by Crippen LogP contribution is -2.24. The Labute approximate surface area is 157 Å². The third kappa shape index (κ3) is 6.09. The van der Waals surface area contributed by atoms with Crippen molar-refractivity contribution in [1.29, 1.82) is 0 Å². The lowest BCUT2D eigenvalue weighted by molar-refractivity contribution is -0.117. The molecule has 0 atom stereocenters. The standard InChI is InChI=1S/C21H23FN2O3/c22-17-7-11-19(12-8-17)27-14-2-1-13-23-20(25)15-5-9-18(10-6-15)24-21(26)16-3-4-16/h5-12,16H,1-4,13-14H2,(H,23,25)(H,24,26). The van der Waals surface area contributed by atoms with Crippen LogP contribution in [-0.2, 0) is 4.79 Å². The number of hydrogen-bond donors (Lipinski definition) is 2. The molecule has 2 amide bonds. The predicted octanol–water partition coefficient (Wildman–Crippen LogP) is 3.76. The zero-order chi connectivity index (χ0) is 19.1. The zero-order valence-electron chi connectivity index (χ0n) is 15.0.